The zero-order valence-electron chi connectivity index (χ0n) is 10.3. The minimum Gasteiger partial charge on any atom is -0.384 e. The molecule has 2 heterocycles. The molecule has 1 atom stereocenters. The van der Waals surface area contributed by atoms with Gasteiger partial charge in [0, 0.05) is 26.3 Å². The monoisotopic (exact) mass is 238 g/mol. The number of nitrogens with zero attached hydrogens (tertiary/aromatic N) is 2. The van der Waals surface area contributed by atoms with Crippen molar-refractivity contribution >= 4 is 5.91 Å². The van der Waals surface area contributed by atoms with Crippen LogP contribution in [0.2, 0.25) is 0 Å². The number of piperidine rings is 1. The number of aromatic nitrogens is 1. The summed E-state index contributed by atoms with van der Waals surface area (Å²) < 4.78 is 10.1. The van der Waals surface area contributed by atoms with Gasteiger partial charge < -0.3 is 14.2 Å². The van der Waals surface area contributed by atoms with E-state index in [1.807, 2.05) is 4.90 Å². The fourth-order valence-electron chi connectivity index (χ4n) is 2.25. The molecule has 1 aliphatic heterocycles. The zero-order chi connectivity index (χ0) is 12.3. The van der Waals surface area contributed by atoms with E-state index in [4.69, 9.17) is 9.26 Å². The number of methoxy groups -OCH3 is 1. The third kappa shape index (κ3) is 2.85. The van der Waals surface area contributed by atoms with Crippen LogP contribution in [0.25, 0.3) is 0 Å². The molecule has 1 aliphatic rings. The molecule has 0 radical (unpaired) electrons. The second-order valence-corrected chi connectivity index (χ2v) is 4.54. The number of rotatable bonds is 3. The molecule has 94 valence electrons. The predicted molar refractivity (Wildman–Crippen MR) is 61.7 cm³/mol. The first-order valence-electron chi connectivity index (χ1n) is 5.92. The van der Waals surface area contributed by atoms with Crippen LogP contribution in [0.1, 0.15) is 29.1 Å². The predicted octanol–water partition coefficient (Wildman–Crippen LogP) is 1.48. The second-order valence-electron chi connectivity index (χ2n) is 4.54. The van der Waals surface area contributed by atoms with Crippen LogP contribution in [0.4, 0.5) is 0 Å². The Morgan fingerprint density at radius 3 is 3.18 bits per heavy atom. The first-order chi connectivity index (χ1) is 8.20. The van der Waals surface area contributed by atoms with Crippen LogP contribution in [0.5, 0.6) is 0 Å². The molecular weight excluding hydrogens is 220 g/mol. The fourth-order valence-corrected chi connectivity index (χ4v) is 2.25. The highest BCUT2D eigenvalue weighted by Gasteiger charge is 2.26. The van der Waals surface area contributed by atoms with Crippen LogP contribution in [0, 0.1) is 12.8 Å². The standard InChI is InChI=1S/C12H18N2O3/c1-9-6-11(13-17-9)12(15)14-5-3-4-10(7-14)8-16-2/h6,10H,3-5,7-8H2,1-2H3. The van der Waals surface area contributed by atoms with Crippen LogP contribution < -0.4 is 0 Å². The quantitative estimate of drug-likeness (QED) is 0.800. The lowest BCUT2D eigenvalue weighted by molar-refractivity contribution is 0.0562. The number of amides is 1. The van der Waals surface area contributed by atoms with E-state index in [1.54, 1.807) is 20.1 Å². The maximum atomic E-state index is 12.1. The molecule has 0 aromatic carbocycles. The molecule has 2 rings (SSSR count). The van der Waals surface area contributed by atoms with E-state index in [0.29, 0.717) is 24.0 Å². The van der Waals surface area contributed by atoms with E-state index >= 15 is 0 Å². The van der Waals surface area contributed by atoms with Crippen molar-refractivity contribution in [3.05, 3.63) is 17.5 Å². The van der Waals surface area contributed by atoms with Gasteiger partial charge in [0.05, 0.1) is 6.61 Å². The maximum Gasteiger partial charge on any atom is 0.276 e. The Morgan fingerprint density at radius 2 is 2.53 bits per heavy atom. The Hall–Kier alpha value is -1.36. The van der Waals surface area contributed by atoms with Crippen molar-refractivity contribution in [3.63, 3.8) is 0 Å². The Bertz CT molecular complexity index is 387. The van der Waals surface area contributed by atoms with E-state index in [-0.39, 0.29) is 5.91 Å². The summed E-state index contributed by atoms with van der Waals surface area (Å²) in [6.07, 6.45) is 2.14. The van der Waals surface area contributed by atoms with Gasteiger partial charge in [-0.1, -0.05) is 5.16 Å². The molecule has 0 bridgehead atoms. The molecule has 0 spiro atoms. The summed E-state index contributed by atoms with van der Waals surface area (Å²) in [5, 5.41) is 3.76. The molecule has 0 N–H and O–H groups in total. The van der Waals surface area contributed by atoms with Crippen molar-refractivity contribution in [3.8, 4) is 0 Å². The summed E-state index contributed by atoms with van der Waals surface area (Å²) >= 11 is 0. The Kier molecular flexibility index (Phi) is 3.78. The average Bonchev–Trinajstić information content (AvgIpc) is 2.76. The molecule has 1 amide bonds. The highest BCUT2D eigenvalue weighted by molar-refractivity contribution is 5.92. The van der Waals surface area contributed by atoms with E-state index < -0.39 is 0 Å². The minimum absolute atomic E-state index is 0.0392. The highest BCUT2D eigenvalue weighted by atomic mass is 16.5. The van der Waals surface area contributed by atoms with Crippen molar-refractivity contribution < 1.29 is 14.1 Å². The van der Waals surface area contributed by atoms with Crippen LogP contribution >= 0.6 is 0 Å². The van der Waals surface area contributed by atoms with Crippen LogP contribution in [-0.4, -0.2) is 42.8 Å². The minimum atomic E-state index is -0.0392. The van der Waals surface area contributed by atoms with Gasteiger partial charge in [0.25, 0.3) is 5.91 Å². The maximum absolute atomic E-state index is 12.1. The van der Waals surface area contributed by atoms with Crippen LogP contribution in [0.15, 0.2) is 10.6 Å². The number of carbonyl (C=O) groups excluding carboxylic acids is 1. The lowest BCUT2D eigenvalue weighted by Gasteiger charge is -2.31. The molecule has 1 saturated heterocycles. The Labute approximate surface area is 101 Å². The van der Waals surface area contributed by atoms with Gasteiger partial charge in [-0.05, 0) is 25.7 Å². The molecule has 17 heavy (non-hydrogen) atoms. The van der Waals surface area contributed by atoms with Gasteiger partial charge in [-0.25, -0.2) is 0 Å². The highest BCUT2D eigenvalue weighted by Crippen LogP contribution is 2.18. The normalized spacial score (nSPS) is 20.6. The Morgan fingerprint density at radius 1 is 1.71 bits per heavy atom. The van der Waals surface area contributed by atoms with E-state index in [9.17, 15) is 4.79 Å². The largest absolute Gasteiger partial charge is 0.384 e. The van der Waals surface area contributed by atoms with Gasteiger partial charge in [-0.2, -0.15) is 0 Å². The van der Waals surface area contributed by atoms with Crippen molar-refractivity contribution in [1.29, 1.82) is 0 Å². The molecule has 5 nitrogen and oxygen atoms in total. The van der Waals surface area contributed by atoms with Gasteiger partial charge in [0.1, 0.15) is 5.76 Å². The Balaban J connectivity index is 1.99. The molecule has 1 aromatic rings. The summed E-state index contributed by atoms with van der Waals surface area (Å²) in [4.78, 5) is 14.0. The van der Waals surface area contributed by atoms with E-state index in [0.717, 1.165) is 25.9 Å². The SMILES string of the molecule is COCC1CCCN(C(=O)c2cc(C)on2)C1. The van der Waals surface area contributed by atoms with Crippen molar-refractivity contribution in [1.82, 2.24) is 10.1 Å². The zero-order valence-corrected chi connectivity index (χ0v) is 10.3. The molecule has 1 aromatic heterocycles. The first kappa shape index (κ1) is 12.1. The van der Waals surface area contributed by atoms with Crippen molar-refractivity contribution in [2.24, 2.45) is 5.92 Å². The summed E-state index contributed by atoms with van der Waals surface area (Å²) in [7, 11) is 1.70. The first-order valence-corrected chi connectivity index (χ1v) is 5.92. The molecule has 1 fully saturated rings. The number of aryl methyl sites for hydroxylation is 1. The summed E-state index contributed by atoms with van der Waals surface area (Å²) in [6, 6.07) is 1.68. The third-order valence-electron chi connectivity index (χ3n) is 3.06. The lowest BCUT2D eigenvalue weighted by Crippen LogP contribution is -2.41. The van der Waals surface area contributed by atoms with Crippen molar-refractivity contribution in [2.45, 2.75) is 19.8 Å². The molecule has 0 aliphatic carbocycles. The van der Waals surface area contributed by atoms with Gasteiger partial charge in [0.2, 0.25) is 0 Å². The van der Waals surface area contributed by atoms with E-state index in [2.05, 4.69) is 5.16 Å². The number of ether oxygens (including phenoxy) is 1. The topological polar surface area (TPSA) is 55.6 Å². The molecule has 0 saturated carbocycles. The average molecular weight is 238 g/mol. The summed E-state index contributed by atoms with van der Waals surface area (Å²) in [5.74, 6) is 1.06. The van der Waals surface area contributed by atoms with Crippen LogP contribution in [0.3, 0.4) is 0 Å². The number of hydrogen-bond donors (Lipinski definition) is 0. The molecular formula is C12H18N2O3. The van der Waals surface area contributed by atoms with Crippen LogP contribution in [-0.2, 0) is 4.74 Å². The molecule has 1 unspecified atom stereocenters. The number of hydrogen-bond acceptors (Lipinski definition) is 4. The van der Waals surface area contributed by atoms with Gasteiger partial charge in [-0.3, -0.25) is 4.79 Å². The fraction of sp³-hybridized carbons (Fsp3) is 0.667. The summed E-state index contributed by atoms with van der Waals surface area (Å²) in [5.41, 5.74) is 0.403. The molecule has 5 heteroatoms. The summed E-state index contributed by atoms with van der Waals surface area (Å²) in [6.45, 7) is 4.04. The van der Waals surface area contributed by atoms with Gasteiger partial charge in [-0.15, -0.1) is 0 Å². The van der Waals surface area contributed by atoms with Gasteiger partial charge in [0.15, 0.2) is 5.69 Å². The number of likely N-dealkylation sites (tertiary alicyclic amines) is 1. The number of carbonyl (C=O) groups is 1. The van der Waals surface area contributed by atoms with E-state index in [1.165, 1.54) is 0 Å². The smallest absolute Gasteiger partial charge is 0.276 e. The third-order valence-corrected chi connectivity index (χ3v) is 3.06. The van der Waals surface area contributed by atoms with Gasteiger partial charge >= 0.3 is 0 Å². The second kappa shape index (κ2) is 5.31. The van der Waals surface area contributed by atoms with Crippen molar-refractivity contribution in [2.75, 3.05) is 26.8 Å². The lowest BCUT2D eigenvalue weighted by atomic mass is 9.99.